The average Bonchev–Trinajstić information content (AvgIpc) is 2.79. The van der Waals surface area contributed by atoms with Gasteiger partial charge in [-0.2, -0.15) is 0 Å². The molecule has 0 radical (unpaired) electrons. The minimum atomic E-state index is -1.40. The van der Waals surface area contributed by atoms with Crippen molar-refractivity contribution in [3.05, 3.63) is 0 Å². The molecule has 0 aromatic carbocycles. The standard InChI is InChI=1S/C27H54N2O3/c1-5-9-12-15-17-20-23-28-25(30)27(32-8-4,22-19-14-11-7-3)26(31)29-24-21-18-16-13-10-6-2/h5-24H2,1-4H3,(H,28,30)(H,29,31). The van der Waals surface area contributed by atoms with Gasteiger partial charge in [-0.3, -0.25) is 9.59 Å². The maximum absolute atomic E-state index is 13.2. The molecule has 0 atom stereocenters. The van der Waals surface area contributed by atoms with Crippen LogP contribution >= 0.6 is 0 Å². The quantitative estimate of drug-likeness (QED) is 0.134. The van der Waals surface area contributed by atoms with E-state index in [9.17, 15) is 9.59 Å². The van der Waals surface area contributed by atoms with Crippen molar-refractivity contribution in [3.8, 4) is 0 Å². The number of unbranched alkanes of at least 4 members (excludes halogenated alkanes) is 13. The van der Waals surface area contributed by atoms with E-state index in [0.717, 1.165) is 51.4 Å². The molecule has 0 aliphatic carbocycles. The van der Waals surface area contributed by atoms with E-state index in [1.807, 2.05) is 6.92 Å². The fraction of sp³-hybridized carbons (Fsp3) is 0.926. The van der Waals surface area contributed by atoms with Crippen LogP contribution in [0.5, 0.6) is 0 Å². The first kappa shape index (κ1) is 30.9. The Kier molecular flexibility index (Phi) is 21.0. The maximum atomic E-state index is 13.2. The average molecular weight is 455 g/mol. The molecule has 0 unspecified atom stereocenters. The first-order valence-electron chi connectivity index (χ1n) is 13.8. The Morgan fingerprint density at radius 1 is 0.562 bits per heavy atom. The number of ether oxygens (including phenoxy) is 1. The molecule has 0 aliphatic rings. The number of nitrogens with one attached hydrogen (secondary N) is 2. The molecule has 0 heterocycles. The zero-order valence-electron chi connectivity index (χ0n) is 21.9. The highest BCUT2D eigenvalue weighted by Crippen LogP contribution is 2.22. The molecule has 0 saturated heterocycles. The lowest BCUT2D eigenvalue weighted by Crippen LogP contribution is -2.59. The molecule has 2 N–H and O–H groups in total. The summed E-state index contributed by atoms with van der Waals surface area (Å²) < 4.78 is 5.93. The summed E-state index contributed by atoms with van der Waals surface area (Å²) in [5.41, 5.74) is -1.40. The van der Waals surface area contributed by atoms with Gasteiger partial charge in [-0.1, -0.05) is 104 Å². The van der Waals surface area contributed by atoms with Gasteiger partial charge in [-0.05, 0) is 32.6 Å². The van der Waals surface area contributed by atoms with E-state index in [-0.39, 0.29) is 11.8 Å². The third-order valence-electron chi connectivity index (χ3n) is 6.14. The molecule has 0 aromatic rings. The SMILES string of the molecule is CCCCCCCCNC(=O)C(CCCCCC)(OCC)C(=O)NCCCCCCCC. The van der Waals surface area contributed by atoms with Gasteiger partial charge in [0.15, 0.2) is 0 Å². The lowest BCUT2D eigenvalue weighted by Gasteiger charge is -2.31. The van der Waals surface area contributed by atoms with Crippen LogP contribution in [0.25, 0.3) is 0 Å². The van der Waals surface area contributed by atoms with Crippen LogP contribution in [0.2, 0.25) is 0 Å². The second-order valence-electron chi connectivity index (χ2n) is 9.12. The second-order valence-corrected chi connectivity index (χ2v) is 9.12. The Balaban J connectivity index is 4.79. The van der Waals surface area contributed by atoms with Gasteiger partial charge in [0.1, 0.15) is 0 Å². The molecule has 0 fully saturated rings. The predicted molar refractivity (Wildman–Crippen MR) is 136 cm³/mol. The zero-order chi connectivity index (χ0) is 23.9. The van der Waals surface area contributed by atoms with Crippen LogP contribution in [-0.2, 0) is 14.3 Å². The van der Waals surface area contributed by atoms with Crippen LogP contribution in [0.15, 0.2) is 0 Å². The van der Waals surface area contributed by atoms with E-state index >= 15 is 0 Å². The normalized spacial score (nSPS) is 11.5. The van der Waals surface area contributed by atoms with Crippen molar-refractivity contribution in [2.45, 2.75) is 142 Å². The third kappa shape index (κ3) is 14.1. The van der Waals surface area contributed by atoms with Crippen LogP contribution in [0.3, 0.4) is 0 Å². The first-order chi connectivity index (χ1) is 15.6. The molecule has 2 amide bonds. The van der Waals surface area contributed by atoms with Gasteiger partial charge in [0.25, 0.3) is 11.8 Å². The number of carbonyl (C=O) groups excluding carboxylic acids is 2. The van der Waals surface area contributed by atoms with Crippen LogP contribution in [0.1, 0.15) is 137 Å². The third-order valence-corrected chi connectivity index (χ3v) is 6.14. The molecule has 0 rings (SSSR count). The van der Waals surface area contributed by atoms with Gasteiger partial charge >= 0.3 is 0 Å². The van der Waals surface area contributed by atoms with E-state index < -0.39 is 5.60 Å². The minimum Gasteiger partial charge on any atom is -0.356 e. The summed E-state index contributed by atoms with van der Waals surface area (Å²) in [6.07, 6.45) is 18.6. The van der Waals surface area contributed by atoms with E-state index in [1.165, 1.54) is 51.4 Å². The summed E-state index contributed by atoms with van der Waals surface area (Å²) in [7, 11) is 0. The molecule has 0 spiro atoms. The van der Waals surface area contributed by atoms with Crippen molar-refractivity contribution in [2.24, 2.45) is 0 Å². The van der Waals surface area contributed by atoms with Gasteiger partial charge in [-0.25, -0.2) is 0 Å². The monoisotopic (exact) mass is 454 g/mol. The summed E-state index contributed by atoms with van der Waals surface area (Å²) in [6, 6.07) is 0. The van der Waals surface area contributed by atoms with E-state index in [4.69, 9.17) is 4.74 Å². The molecule has 5 nitrogen and oxygen atoms in total. The Morgan fingerprint density at radius 2 is 0.938 bits per heavy atom. The number of carbonyl (C=O) groups is 2. The number of amides is 2. The molecule has 5 heteroatoms. The lowest BCUT2D eigenvalue weighted by atomic mass is 9.92. The number of hydrogen-bond donors (Lipinski definition) is 2. The van der Waals surface area contributed by atoms with Crippen LogP contribution in [0.4, 0.5) is 0 Å². The summed E-state index contributed by atoms with van der Waals surface area (Å²) in [6.45, 7) is 10.0. The van der Waals surface area contributed by atoms with E-state index in [0.29, 0.717) is 26.1 Å². The predicted octanol–water partition coefficient (Wildman–Crippen LogP) is 6.69. The smallest absolute Gasteiger partial charge is 0.262 e. The molecule has 0 aliphatic heterocycles. The highest BCUT2D eigenvalue weighted by Gasteiger charge is 2.46. The summed E-state index contributed by atoms with van der Waals surface area (Å²) >= 11 is 0. The summed E-state index contributed by atoms with van der Waals surface area (Å²) in [4.78, 5) is 26.4. The minimum absolute atomic E-state index is 0.259. The zero-order valence-corrected chi connectivity index (χ0v) is 21.9. The first-order valence-corrected chi connectivity index (χ1v) is 13.8. The molecule has 0 bridgehead atoms. The number of hydrogen-bond acceptors (Lipinski definition) is 3. The van der Waals surface area contributed by atoms with E-state index in [1.54, 1.807) is 0 Å². The van der Waals surface area contributed by atoms with Crippen LogP contribution in [0, 0.1) is 0 Å². The largest absolute Gasteiger partial charge is 0.356 e. The molecular formula is C27H54N2O3. The van der Waals surface area contributed by atoms with Gasteiger partial charge in [0, 0.05) is 19.7 Å². The Bertz CT molecular complexity index is 424. The molecule has 190 valence electrons. The molecule has 0 aromatic heterocycles. The van der Waals surface area contributed by atoms with Crippen LogP contribution < -0.4 is 10.6 Å². The summed E-state index contributed by atoms with van der Waals surface area (Å²) in [5, 5.41) is 6.04. The fourth-order valence-corrected chi connectivity index (χ4v) is 4.08. The van der Waals surface area contributed by atoms with Crippen molar-refractivity contribution in [1.82, 2.24) is 10.6 Å². The van der Waals surface area contributed by atoms with Crippen molar-refractivity contribution < 1.29 is 14.3 Å². The van der Waals surface area contributed by atoms with E-state index in [2.05, 4.69) is 31.4 Å². The van der Waals surface area contributed by atoms with Crippen molar-refractivity contribution >= 4 is 11.8 Å². The fourth-order valence-electron chi connectivity index (χ4n) is 4.08. The van der Waals surface area contributed by atoms with Gasteiger partial charge in [-0.15, -0.1) is 0 Å². The Labute approximate surface area is 199 Å². The van der Waals surface area contributed by atoms with Crippen molar-refractivity contribution in [2.75, 3.05) is 19.7 Å². The lowest BCUT2D eigenvalue weighted by molar-refractivity contribution is -0.162. The molecule has 0 saturated carbocycles. The number of rotatable bonds is 23. The van der Waals surface area contributed by atoms with Gasteiger partial charge in [0.2, 0.25) is 5.60 Å². The Hall–Kier alpha value is -1.10. The molecule has 32 heavy (non-hydrogen) atoms. The van der Waals surface area contributed by atoms with Gasteiger partial charge in [0.05, 0.1) is 0 Å². The Morgan fingerprint density at radius 3 is 1.34 bits per heavy atom. The summed E-state index contributed by atoms with van der Waals surface area (Å²) in [5.74, 6) is -0.519. The highest BCUT2D eigenvalue weighted by molar-refractivity contribution is 6.08. The van der Waals surface area contributed by atoms with Gasteiger partial charge < -0.3 is 15.4 Å². The van der Waals surface area contributed by atoms with Crippen molar-refractivity contribution in [3.63, 3.8) is 0 Å². The van der Waals surface area contributed by atoms with Crippen molar-refractivity contribution in [1.29, 1.82) is 0 Å². The van der Waals surface area contributed by atoms with Crippen LogP contribution in [-0.4, -0.2) is 37.1 Å². The highest BCUT2D eigenvalue weighted by atomic mass is 16.5. The topological polar surface area (TPSA) is 67.4 Å². The second kappa shape index (κ2) is 21.7. The maximum Gasteiger partial charge on any atom is 0.262 e. The molecular weight excluding hydrogens is 400 g/mol.